The van der Waals surface area contributed by atoms with Gasteiger partial charge in [-0.05, 0) is 37.4 Å². The van der Waals surface area contributed by atoms with Crippen LogP contribution >= 0.6 is 0 Å². The lowest BCUT2D eigenvalue weighted by molar-refractivity contribution is -0.137. The van der Waals surface area contributed by atoms with Crippen molar-refractivity contribution in [2.75, 3.05) is 13.1 Å². The number of rotatable bonds is 6. The van der Waals surface area contributed by atoms with Crippen molar-refractivity contribution in [3.63, 3.8) is 0 Å². The van der Waals surface area contributed by atoms with Gasteiger partial charge in [0.2, 0.25) is 5.91 Å². The van der Waals surface area contributed by atoms with Crippen LogP contribution in [0.3, 0.4) is 0 Å². The standard InChI is InChI=1S/C15H19F3N2O/c16-15(17,18)12-4-1-3-11(9-12)14(6-7-14)10-20-13(21)5-2-8-19/h1,3-4,9H,2,5-8,10,19H2,(H,20,21). The highest BCUT2D eigenvalue weighted by Crippen LogP contribution is 2.48. The number of benzene rings is 1. The number of amides is 1. The zero-order valence-corrected chi connectivity index (χ0v) is 11.7. The van der Waals surface area contributed by atoms with Crippen molar-refractivity contribution in [3.05, 3.63) is 35.4 Å². The smallest absolute Gasteiger partial charge is 0.355 e. The van der Waals surface area contributed by atoms with Crippen LogP contribution in [0.2, 0.25) is 0 Å². The lowest BCUT2D eigenvalue weighted by Gasteiger charge is -2.18. The average molecular weight is 300 g/mol. The van der Waals surface area contributed by atoms with E-state index in [4.69, 9.17) is 5.73 Å². The van der Waals surface area contributed by atoms with E-state index < -0.39 is 11.7 Å². The molecule has 0 spiro atoms. The van der Waals surface area contributed by atoms with Crippen LogP contribution in [0.4, 0.5) is 13.2 Å². The van der Waals surface area contributed by atoms with E-state index in [1.54, 1.807) is 6.07 Å². The summed E-state index contributed by atoms with van der Waals surface area (Å²) in [7, 11) is 0. The van der Waals surface area contributed by atoms with Gasteiger partial charge in [0.15, 0.2) is 0 Å². The number of carbonyl (C=O) groups excluding carboxylic acids is 1. The second-order valence-corrected chi connectivity index (χ2v) is 5.53. The summed E-state index contributed by atoms with van der Waals surface area (Å²) in [6.07, 6.45) is -1.77. The van der Waals surface area contributed by atoms with E-state index in [0.29, 0.717) is 31.5 Å². The highest BCUT2D eigenvalue weighted by atomic mass is 19.4. The van der Waals surface area contributed by atoms with Crippen molar-refractivity contribution in [2.24, 2.45) is 5.73 Å². The minimum atomic E-state index is -4.34. The Bertz CT molecular complexity index is 510. The number of nitrogens with one attached hydrogen (secondary N) is 1. The lowest BCUT2D eigenvalue weighted by Crippen LogP contribution is -2.32. The largest absolute Gasteiger partial charge is 0.416 e. The van der Waals surface area contributed by atoms with Gasteiger partial charge in [0.05, 0.1) is 5.56 Å². The fraction of sp³-hybridized carbons (Fsp3) is 0.533. The first-order valence-corrected chi connectivity index (χ1v) is 7.02. The Balaban J connectivity index is 2.02. The van der Waals surface area contributed by atoms with Gasteiger partial charge >= 0.3 is 6.18 Å². The molecule has 0 atom stereocenters. The molecule has 116 valence electrons. The minimum absolute atomic E-state index is 0.0984. The van der Waals surface area contributed by atoms with Gasteiger partial charge < -0.3 is 11.1 Å². The number of halogens is 3. The van der Waals surface area contributed by atoms with Gasteiger partial charge in [-0.3, -0.25) is 4.79 Å². The highest BCUT2D eigenvalue weighted by molar-refractivity contribution is 5.76. The molecule has 0 saturated heterocycles. The molecule has 1 aliphatic carbocycles. The fourth-order valence-corrected chi connectivity index (χ4v) is 2.36. The quantitative estimate of drug-likeness (QED) is 0.848. The van der Waals surface area contributed by atoms with Crippen molar-refractivity contribution in [3.8, 4) is 0 Å². The van der Waals surface area contributed by atoms with Crippen LogP contribution in [0.15, 0.2) is 24.3 Å². The van der Waals surface area contributed by atoms with Crippen LogP contribution in [0, 0.1) is 0 Å². The number of alkyl halides is 3. The Kier molecular flexibility index (Phi) is 4.56. The Morgan fingerprint density at radius 1 is 1.33 bits per heavy atom. The number of carbonyl (C=O) groups is 1. The first-order chi connectivity index (χ1) is 9.87. The molecule has 1 amide bonds. The molecule has 2 rings (SSSR count). The molecule has 1 fully saturated rings. The van der Waals surface area contributed by atoms with Gasteiger partial charge in [0.1, 0.15) is 0 Å². The zero-order chi connectivity index (χ0) is 15.5. The summed E-state index contributed by atoms with van der Waals surface area (Å²) in [5.74, 6) is -0.0984. The van der Waals surface area contributed by atoms with E-state index in [1.165, 1.54) is 12.1 Å². The zero-order valence-electron chi connectivity index (χ0n) is 11.7. The third-order valence-electron chi connectivity index (χ3n) is 3.89. The Labute approximate surface area is 121 Å². The van der Waals surface area contributed by atoms with Crippen molar-refractivity contribution in [1.29, 1.82) is 0 Å². The van der Waals surface area contributed by atoms with E-state index in [2.05, 4.69) is 5.32 Å². The molecule has 21 heavy (non-hydrogen) atoms. The molecular weight excluding hydrogens is 281 g/mol. The van der Waals surface area contributed by atoms with Crippen molar-refractivity contribution in [1.82, 2.24) is 5.32 Å². The average Bonchev–Trinajstić information content (AvgIpc) is 3.23. The summed E-state index contributed by atoms with van der Waals surface area (Å²) in [6, 6.07) is 5.39. The van der Waals surface area contributed by atoms with E-state index in [0.717, 1.165) is 18.9 Å². The predicted molar refractivity (Wildman–Crippen MR) is 73.7 cm³/mol. The summed E-state index contributed by atoms with van der Waals surface area (Å²) in [5.41, 5.74) is 5.01. The molecule has 3 nitrogen and oxygen atoms in total. The number of hydrogen-bond acceptors (Lipinski definition) is 2. The molecule has 0 unspecified atom stereocenters. The summed E-state index contributed by atoms with van der Waals surface area (Å²) < 4.78 is 38.2. The highest BCUT2D eigenvalue weighted by Gasteiger charge is 2.45. The predicted octanol–water partition coefficient (Wildman–Crippen LogP) is 2.59. The van der Waals surface area contributed by atoms with Crippen LogP contribution < -0.4 is 11.1 Å². The van der Waals surface area contributed by atoms with Crippen molar-refractivity contribution in [2.45, 2.75) is 37.3 Å². The molecule has 1 aromatic carbocycles. The van der Waals surface area contributed by atoms with Crippen LogP contribution in [0.25, 0.3) is 0 Å². The molecule has 1 saturated carbocycles. The lowest BCUT2D eigenvalue weighted by atomic mass is 9.94. The first-order valence-electron chi connectivity index (χ1n) is 7.02. The Morgan fingerprint density at radius 2 is 2.05 bits per heavy atom. The molecule has 0 heterocycles. The molecule has 0 radical (unpaired) electrons. The summed E-state index contributed by atoms with van der Waals surface area (Å²) in [6.45, 7) is 0.837. The third kappa shape index (κ3) is 3.97. The molecular formula is C15H19F3N2O. The van der Waals surface area contributed by atoms with E-state index in [9.17, 15) is 18.0 Å². The van der Waals surface area contributed by atoms with Crippen LogP contribution in [-0.4, -0.2) is 19.0 Å². The summed E-state index contributed by atoms with van der Waals surface area (Å²) in [4.78, 5) is 11.6. The van der Waals surface area contributed by atoms with Gasteiger partial charge in [0, 0.05) is 18.4 Å². The van der Waals surface area contributed by atoms with E-state index >= 15 is 0 Å². The molecule has 6 heteroatoms. The second-order valence-electron chi connectivity index (χ2n) is 5.53. The molecule has 0 aliphatic heterocycles. The van der Waals surface area contributed by atoms with Gasteiger partial charge in [-0.1, -0.05) is 18.2 Å². The maximum Gasteiger partial charge on any atom is 0.416 e. The van der Waals surface area contributed by atoms with Gasteiger partial charge in [-0.25, -0.2) is 0 Å². The summed E-state index contributed by atoms with van der Waals surface area (Å²) in [5, 5.41) is 2.80. The van der Waals surface area contributed by atoms with Crippen LogP contribution in [-0.2, 0) is 16.4 Å². The number of hydrogen-bond donors (Lipinski definition) is 2. The first kappa shape index (κ1) is 15.8. The van der Waals surface area contributed by atoms with Crippen LogP contribution in [0.1, 0.15) is 36.8 Å². The maximum absolute atomic E-state index is 12.7. The monoisotopic (exact) mass is 300 g/mol. The van der Waals surface area contributed by atoms with Crippen molar-refractivity contribution < 1.29 is 18.0 Å². The molecule has 0 aromatic heterocycles. The number of nitrogens with two attached hydrogens (primary N) is 1. The van der Waals surface area contributed by atoms with E-state index in [1.807, 2.05) is 0 Å². The maximum atomic E-state index is 12.7. The Hall–Kier alpha value is -1.56. The molecule has 3 N–H and O–H groups in total. The van der Waals surface area contributed by atoms with Gasteiger partial charge in [-0.15, -0.1) is 0 Å². The van der Waals surface area contributed by atoms with Gasteiger partial charge in [-0.2, -0.15) is 13.2 Å². The normalized spacial score (nSPS) is 16.6. The van der Waals surface area contributed by atoms with Crippen LogP contribution in [0.5, 0.6) is 0 Å². The second kappa shape index (κ2) is 6.05. The third-order valence-corrected chi connectivity index (χ3v) is 3.89. The van der Waals surface area contributed by atoms with E-state index in [-0.39, 0.29) is 11.3 Å². The summed E-state index contributed by atoms with van der Waals surface area (Å²) >= 11 is 0. The minimum Gasteiger partial charge on any atom is -0.355 e. The fourth-order valence-electron chi connectivity index (χ4n) is 2.36. The topological polar surface area (TPSA) is 55.1 Å². The molecule has 0 bridgehead atoms. The SMILES string of the molecule is NCCCC(=O)NCC1(c2cccc(C(F)(F)F)c2)CC1. The Morgan fingerprint density at radius 3 is 2.62 bits per heavy atom. The molecule has 1 aromatic rings. The molecule has 1 aliphatic rings. The van der Waals surface area contributed by atoms with Crippen molar-refractivity contribution >= 4 is 5.91 Å². The van der Waals surface area contributed by atoms with Gasteiger partial charge in [0.25, 0.3) is 0 Å².